The van der Waals surface area contributed by atoms with Gasteiger partial charge in [0.05, 0.1) is 53.7 Å². The van der Waals surface area contributed by atoms with E-state index in [1.54, 1.807) is 12.3 Å². The molecular weight excluding hydrogens is 717 g/mol. The molecule has 3 aliphatic rings. The van der Waals surface area contributed by atoms with Gasteiger partial charge in [-0.3, -0.25) is 19.5 Å². The number of amides is 1. The van der Waals surface area contributed by atoms with E-state index in [1.165, 1.54) is 50.8 Å². The Kier molecular flexibility index (Phi) is 10.1. The number of piperazine rings is 1. The lowest BCUT2D eigenvalue weighted by Gasteiger charge is -2.41. The van der Waals surface area contributed by atoms with Crippen LogP contribution in [0.5, 0.6) is 11.5 Å². The molecule has 1 unspecified atom stereocenters. The number of β-amino-alcohol motifs (C(OH)–C–C–N with tert-alkyl or cyclic N) is 1. The van der Waals surface area contributed by atoms with Gasteiger partial charge in [0.15, 0.2) is 5.54 Å². The van der Waals surface area contributed by atoms with E-state index in [4.69, 9.17) is 37.1 Å². The molecule has 1 amide bonds. The summed E-state index contributed by atoms with van der Waals surface area (Å²) in [5, 5.41) is 9.67. The number of nitrogens with zero attached hydrogens (tertiary/aromatic N) is 5. The average molecular weight is 757 g/mol. The number of hydrogen-bond acceptors (Lipinski definition) is 11. The molecule has 2 saturated heterocycles. The highest BCUT2D eigenvalue weighted by molar-refractivity contribution is 7.93. The largest absolute Gasteiger partial charge is 0.497 e. The Morgan fingerprint density at radius 1 is 0.941 bits per heavy atom. The molecule has 0 spiro atoms. The first-order valence-corrected chi connectivity index (χ1v) is 19.0. The van der Waals surface area contributed by atoms with Crippen molar-refractivity contribution in [3.05, 3.63) is 99.7 Å². The van der Waals surface area contributed by atoms with Crippen molar-refractivity contribution in [2.75, 3.05) is 64.4 Å². The van der Waals surface area contributed by atoms with Crippen molar-refractivity contribution in [3.63, 3.8) is 0 Å². The average Bonchev–Trinajstić information content (AvgIpc) is 3.89. The molecule has 0 saturated carbocycles. The van der Waals surface area contributed by atoms with Gasteiger partial charge in [-0.15, -0.1) is 0 Å². The van der Waals surface area contributed by atoms with Crippen molar-refractivity contribution in [1.82, 2.24) is 19.7 Å². The predicted molar refractivity (Wildman–Crippen MR) is 192 cm³/mol. The van der Waals surface area contributed by atoms with Crippen molar-refractivity contribution in [3.8, 4) is 11.5 Å². The summed E-state index contributed by atoms with van der Waals surface area (Å²) in [4.78, 5) is 26.6. The molecular formula is C36H39Cl2N5O7S. The molecule has 0 aliphatic carbocycles. The van der Waals surface area contributed by atoms with E-state index in [-0.39, 0.29) is 27.2 Å². The summed E-state index contributed by atoms with van der Waals surface area (Å²) >= 11 is 13.4. The number of aliphatic hydroxyl groups is 1. The quantitative estimate of drug-likeness (QED) is 0.224. The van der Waals surface area contributed by atoms with Crippen LogP contribution < -0.4 is 13.8 Å². The summed E-state index contributed by atoms with van der Waals surface area (Å²) in [5.74, 6) is 0.555. The Bertz CT molecular complexity index is 2010. The number of aromatic nitrogens is 1. The number of hydrogen-bond donors (Lipinski definition) is 1. The monoisotopic (exact) mass is 755 g/mol. The zero-order valence-corrected chi connectivity index (χ0v) is 30.6. The molecule has 0 bridgehead atoms. The molecule has 4 heterocycles. The van der Waals surface area contributed by atoms with Gasteiger partial charge in [0.1, 0.15) is 17.8 Å². The van der Waals surface area contributed by atoms with Crippen molar-refractivity contribution in [1.29, 1.82) is 0 Å². The first-order valence-electron chi connectivity index (χ1n) is 16.8. The zero-order valence-electron chi connectivity index (χ0n) is 28.3. The summed E-state index contributed by atoms with van der Waals surface area (Å²) in [6.45, 7) is 4.99. The van der Waals surface area contributed by atoms with E-state index >= 15 is 4.79 Å². The number of sulfonamides is 1. The second-order valence-electron chi connectivity index (χ2n) is 12.8. The van der Waals surface area contributed by atoms with Crippen LogP contribution in [0.1, 0.15) is 41.5 Å². The highest BCUT2D eigenvalue weighted by Gasteiger charge is 2.63. The summed E-state index contributed by atoms with van der Waals surface area (Å²) in [6, 6.07) is 14.2. The molecule has 2 fully saturated rings. The lowest BCUT2D eigenvalue weighted by molar-refractivity contribution is -0.127. The Hall–Kier alpha value is -3.69. The van der Waals surface area contributed by atoms with Crippen LogP contribution in [0, 0.1) is 0 Å². The van der Waals surface area contributed by atoms with E-state index in [0.29, 0.717) is 61.0 Å². The van der Waals surface area contributed by atoms with Crippen LogP contribution in [0.3, 0.4) is 0 Å². The topological polar surface area (TPSA) is 129 Å². The summed E-state index contributed by atoms with van der Waals surface area (Å²) in [5.41, 5.74) is 0.0802. The number of oxazole rings is 1. The van der Waals surface area contributed by atoms with Gasteiger partial charge in [-0.1, -0.05) is 29.3 Å². The standard InChI is InChI=1S/C36H39Cl2N5O7S/c1-48-25-6-8-26(9-7-25)51(46,47)43-32-22-30(38)29(37)21-27(32)36(35(43)45,42-12-3-4-31(42)34-39-11-19-50-34)28-20-24(5-10-33(28)49-2)23-41-15-13-40(14-16-41)17-18-44/h5-11,19-22,31,44H,3-4,12-18,23H2,1-2H3/t31-,36?/m0/s1. The highest BCUT2D eigenvalue weighted by atomic mass is 35.5. The number of anilines is 1. The SMILES string of the molecule is COc1ccc(S(=O)(=O)N2C(=O)C(c3cc(CN4CCN(CCO)CC4)ccc3OC)(N3CCC[C@H]3c3ncco3)c3cc(Cl)c(Cl)cc32)cc1. The molecule has 3 aliphatic heterocycles. The third-order valence-electron chi connectivity index (χ3n) is 10.1. The highest BCUT2D eigenvalue weighted by Crippen LogP contribution is 2.57. The zero-order chi connectivity index (χ0) is 35.9. The fraction of sp³-hybridized carbons (Fsp3) is 0.389. The number of carbonyl (C=O) groups excluding carboxylic acids is 1. The second-order valence-corrected chi connectivity index (χ2v) is 15.4. The lowest BCUT2D eigenvalue weighted by Crippen LogP contribution is -2.54. The number of aliphatic hydroxyl groups excluding tert-OH is 1. The fourth-order valence-corrected chi connectivity index (χ4v) is 9.45. The van der Waals surface area contributed by atoms with Crippen LogP contribution in [-0.4, -0.2) is 99.2 Å². The molecule has 51 heavy (non-hydrogen) atoms. The van der Waals surface area contributed by atoms with Gasteiger partial charge in [-0.05, 0) is 66.9 Å². The minimum absolute atomic E-state index is 0.0933. The smallest absolute Gasteiger partial charge is 0.271 e. The molecule has 3 aromatic carbocycles. The first-order chi connectivity index (χ1) is 24.6. The number of ether oxygens (including phenoxy) is 2. The number of fused-ring (bicyclic) bond motifs is 1. The van der Waals surface area contributed by atoms with Crippen LogP contribution in [0.25, 0.3) is 0 Å². The Labute approximate surface area is 307 Å². The molecule has 12 nitrogen and oxygen atoms in total. The van der Waals surface area contributed by atoms with Crippen molar-refractivity contribution >= 4 is 44.8 Å². The Morgan fingerprint density at radius 2 is 1.67 bits per heavy atom. The summed E-state index contributed by atoms with van der Waals surface area (Å²) in [7, 11) is -1.49. The lowest BCUT2D eigenvalue weighted by atomic mass is 9.80. The number of methoxy groups -OCH3 is 2. The molecule has 270 valence electrons. The normalized spacial score (nSPS) is 21.7. The first kappa shape index (κ1) is 35.7. The molecule has 7 rings (SSSR count). The number of likely N-dealkylation sites (tertiary alicyclic amines) is 1. The fourth-order valence-electron chi connectivity index (χ4n) is 7.68. The Morgan fingerprint density at radius 3 is 2.33 bits per heavy atom. The minimum Gasteiger partial charge on any atom is -0.497 e. The molecule has 1 aromatic heterocycles. The summed E-state index contributed by atoms with van der Waals surface area (Å²) in [6.07, 6.45) is 4.34. The number of rotatable bonds is 11. The van der Waals surface area contributed by atoms with Gasteiger partial charge >= 0.3 is 0 Å². The van der Waals surface area contributed by atoms with Gasteiger partial charge in [0.2, 0.25) is 5.89 Å². The van der Waals surface area contributed by atoms with E-state index in [1.807, 2.05) is 23.1 Å². The van der Waals surface area contributed by atoms with Crippen molar-refractivity contribution in [2.24, 2.45) is 0 Å². The van der Waals surface area contributed by atoms with Crippen LogP contribution >= 0.6 is 23.2 Å². The molecule has 2 atom stereocenters. The van der Waals surface area contributed by atoms with Crippen LogP contribution in [0.2, 0.25) is 10.0 Å². The number of benzene rings is 3. The molecule has 15 heteroatoms. The maximum absolute atomic E-state index is 15.7. The predicted octanol–water partition coefficient (Wildman–Crippen LogP) is 4.92. The van der Waals surface area contributed by atoms with Crippen molar-refractivity contribution < 1.29 is 32.2 Å². The van der Waals surface area contributed by atoms with Crippen LogP contribution in [0.4, 0.5) is 5.69 Å². The van der Waals surface area contributed by atoms with Gasteiger partial charge < -0.3 is 19.0 Å². The second kappa shape index (κ2) is 14.4. The van der Waals surface area contributed by atoms with E-state index in [2.05, 4.69) is 14.8 Å². The molecule has 4 aromatic rings. The molecule has 0 radical (unpaired) electrons. The van der Waals surface area contributed by atoms with Crippen LogP contribution in [-0.2, 0) is 26.9 Å². The van der Waals surface area contributed by atoms with Crippen molar-refractivity contribution in [2.45, 2.75) is 35.9 Å². The molecule has 1 N–H and O–H groups in total. The van der Waals surface area contributed by atoms with Gasteiger partial charge in [0.25, 0.3) is 15.9 Å². The maximum Gasteiger partial charge on any atom is 0.271 e. The maximum atomic E-state index is 15.7. The minimum atomic E-state index is -4.51. The Balaban J connectivity index is 1.44. The third-order valence-corrected chi connectivity index (χ3v) is 12.5. The number of carbonyl (C=O) groups is 1. The van der Waals surface area contributed by atoms with Gasteiger partial charge in [-0.2, -0.15) is 0 Å². The van der Waals surface area contributed by atoms with E-state index in [0.717, 1.165) is 36.0 Å². The van der Waals surface area contributed by atoms with Gasteiger partial charge in [0, 0.05) is 56.9 Å². The third kappa shape index (κ3) is 6.18. The number of halogens is 2. The summed E-state index contributed by atoms with van der Waals surface area (Å²) < 4.78 is 47.3. The van der Waals surface area contributed by atoms with E-state index < -0.39 is 27.5 Å². The van der Waals surface area contributed by atoms with Gasteiger partial charge in [-0.25, -0.2) is 17.7 Å². The van der Waals surface area contributed by atoms with E-state index in [9.17, 15) is 13.5 Å². The van der Waals surface area contributed by atoms with Crippen LogP contribution in [0.15, 0.2) is 76.4 Å².